The van der Waals surface area contributed by atoms with Crippen LogP contribution in [0.25, 0.3) is 0 Å². The van der Waals surface area contributed by atoms with Gasteiger partial charge in [-0.25, -0.2) is 14.0 Å². The molecule has 0 aromatic heterocycles. The van der Waals surface area contributed by atoms with Crippen LogP contribution in [0.5, 0.6) is 0 Å². The number of nitrogens with zero attached hydrogens (tertiary/aromatic N) is 1. The van der Waals surface area contributed by atoms with Gasteiger partial charge in [0.05, 0.1) is 5.69 Å². The number of carbonyl (C=O) groups is 2. The van der Waals surface area contributed by atoms with Crippen LogP contribution in [0.15, 0.2) is 23.2 Å². The number of aliphatic imine (C=N–C) groups is 1. The molecule has 9 heteroatoms. The number of nitrogens with one attached hydrogen (secondary N) is 2. The molecule has 0 atom stereocenters. The van der Waals surface area contributed by atoms with Crippen LogP contribution in [-0.4, -0.2) is 29.3 Å². The summed E-state index contributed by atoms with van der Waals surface area (Å²) in [7, 11) is 0. The second kappa shape index (κ2) is 8.03. The predicted molar refractivity (Wildman–Crippen MR) is 97.5 cm³/mol. The number of alkyl carbamates (subject to hydrolysis) is 1. The standard InChI is InChI=1S/C17H25FN4O4/c1-16(2,3)25-14(23)21-13(22-15(24)26-17(4,5)6)20-10-7-8-11(18)12(19)9-10/h7-9H,19H2,1-6H3,(H2,20,21,22,23,24). The van der Waals surface area contributed by atoms with Gasteiger partial charge in [0.15, 0.2) is 0 Å². The molecule has 1 aromatic rings. The average Bonchev–Trinajstić information content (AvgIpc) is 2.38. The van der Waals surface area contributed by atoms with Crippen LogP contribution in [-0.2, 0) is 9.47 Å². The zero-order valence-electron chi connectivity index (χ0n) is 15.8. The number of rotatable bonds is 1. The average molecular weight is 368 g/mol. The highest BCUT2D eigenvalue weighted by atomic mass is 19.1. The van der Waals surface area contributed by atoms with E-state index in [1.807, 2.05) is 0 Å². The Balaban J connectivity index is 3.02. The van der Waals surface area contributed by atoms with Crippen LogP contribution in [0, 0.1) is 5.82 Å². The van der Waals surface area contributed by atoms with Crippen molar-refractivity contribution in [1.29, 1.82) is 0 Å². The Kier molecular flexibility index (Phi) is 6.55. The van der Waals surface area contributed by atoms with Gasteiger partial charge < -0.3 is 20.5 Å². The van der Waals surface area contributed by atoms with Gasteiger partial charge in [0.1, 0.15) is 17.0 Å². The molecule has 0 spiro atoms. The normalized spacial score (nSPS) is 12.3. The minimum Gasteiger partial charge on any atom is -0.444 e. The zero-order valence-corrected chi connectivity index (χ0v) is 15.8. The quantitative estimate of drug-likeness (QED) is 0.396. The van der Waals surface area contributed by atoms with Crippen molar-refractivity contribution in [3.8, 4) is 0 Å². The van der Waals surface area contributed by atoms with Crippen LogP contribution in [0.1, 0.15) is 41.5 Å². The van der Waals surface area contributed by atoms with Crippen LogP contribution in [0.4, 0.5) is 25.4 Å². The Morgan fingerprint density at radius 3 is 2.15 bits per heavy atom. The van der Waals surface area contributed by atoms with E-state index in [0.717, 1.165) is 6.07 Å². The van der Waals surface area contributed by atoms with Crippen molar-refractivity contribution in [2.24, 2.45) is 4.99 Å². The number of nitrogen functional groups attached to an aromatic ring is 1. The van der Waals surface area contributed by atoms with E-state index >= 15 is 0 Å². The molecule has 8 nitrogen and oxygen atoms in total. The van der Waals surface area contributed by atoms with E-state index in [2.05, 4.69) is 15.6 Å². The molecular weight excluding hydrogens is 343 g/mol. The third-order valence-corrected chi connectivity index (χ3v) is 2.47. The lowest BCUT2D eigenvalue weighted by Crippen LogP contribution is -2.40. The number of hydrogen-bond donors (Lipinski definition) is 3. The van der Waals surface area contributed by atoms with Gasteiger partial charge in [-0.2, -0.15) is 0 Å². The Hall–Kier alpha value is -2.84. The molecule has 0 aliphatic heterocycles. The highest BCUT2D eigenvalue weighted by Crippen LogP contribution is 2.16. The molecule has 0 saturated carbocycles. The van der Waals surface area contributed by atoms with Crippen LogP contribution in [0.3, 0.4) is 0 Å². The van der Waals surface area contributed by atoms with Crippen molar-refractivity contribution in [3.05, 3.63) is 24.0 Å². The van der Waals surface area contributed by atoms with Gasteiger partial charge in [-0.05, 0) is 59.7 Å². The molecule has 144 valence electrons. The summed E-state index contributed by atoms with van der Waals surface area (Å²) in [6.07, 6.45) is -1.76. The fourth-order valence-electron chi connectivity index (χ4n) is 1.62. The Morgan fingerprint density at radius 2 is 1.65 bits per heavy atom. The molecule has 0 fully saturated rings. The molecule has 0 bridgehead atoms. The first-order valence-electron chi connectivity index (χ1n) is 7.89. The molecule has 0 unspecified atom stereocenters. The molecule has 0 heterocycles. The van der Waals surface area contributed by atoms with Crippen molar-refractivity contribution in [1.82, 2.24) is 5.32 Å². The van der Waals surface area contributed by atoms with Gasteiger partial charge >= 0.3 is 12.2 Å². The number of halogens is 1. The number of ether oxygens (including phenoxy) is 2. The SMILES string of the molecule is CC(C)(C)OC(=O)/N=C(\NC(=O)OC(C)(C)C)Nc1ccc(F)c(N)c1. The van der Waals surface area contributed by atoms with E-state index in [0.29, 0.717) is 5.69 Å². The minimum atomic E-state index is -0.925. The van der Waals surface area contributed by atoms with Gasteiger partial charge in [-0.15, -0.1) is 4.99 Å². The smallest absolute Gasteiger partial charge is 0.437 e. The molecule has 0 radical (unpaired) electrons. The maximum absolute atomic E-state index is 13.3. The molecule has 0 saturated heterocycles. The van der Waals surface area contributed by atoms with Gasteiger partial charge in [0, 0.05) is 5.69 Å². The molecule has 4 N–H and O–H groups in total. The topological polar surface area (TPSA) is 115 Å². The molecule has 26 heavy (non-hydrogen) atoms. The first-order valence-corrected chi connectivity index (χ1v) is 7.89. The predicted octanol–water partition coefficient (Wildman–Crippen LogP) is 3.64. The molecule has 2 amide bonds. The molecular formula is C17H25FN4O4. The number of carbonyl (C=O) groups excluding carboxylic acids is 2. The van der Waals surface area contributed by atoms with Crippen LogP contribution in [0.2, 0.25) is 0 Å². The number of amides is 2. The fraction of sp³-hybridized carbons (Fsp3) is 0.471. The van der Waals surface area contributed by atoms with Crippen molar-refractivity contribution < 1.29 is 23.5 Å². The second-order valence-corrected chi connectivity index (χ2v) is 7.43. The number of guanidine groups is 1. The summed E-state index contributed by atoms with van der Waals surface area (Å²) in [5.74, 6) is -0.846. The van der Waals surface area contributed by atoms with E-state index in [-0.39, 0.29) is 11.6 Å². The first-order chi connectivity index (χ1) is 11.7. The second-order valence-electron chi connectivity index (χ2n) is 7.43. The molecule has 1 aromatic carbocycles. The van der Waals surface area contributed by atoms with Crippen molar-refractivity contribution in [2.75, 3.05) is 11.1 Å². The highest BCUT2D eigenvalue weighted by Gasteiger charge is 2.20. The monoisotopic (exact) mass is 368 g/mol. The van der Waals surface area contributed by atoms with Crippen molar-refractivity contribution in [2.45, 2.75) is 52.7 Å². The molecule has 1 rings (SSSR count). The lowest BCUT2D eigenvalue weighted by Gasteiger charge is -2.21. The van der Waals surface area contributed by atoms with E-state index in [1.165, 1.54) is 12.1 Å². The summed E-state index contributed by atoms with van der Waals surface area (Å²) in [4.78, 5) is 27.6. The van der Waals surface area contributed by atoms with E-state index < -0.39 is 29.2 Å². The summed E-state index contributed by atoms with van der Waals surface area (Å²) >= 11 is 0. The number of nitrogens with two attached hydrogens (primary N) is 1. The highest BCUT2D eigenvalue weighted by molar-refractivity contribution is 6.06. The van der Waals surface area contributed by atoms with Gasteiger partial charge in [0.2, 0.25) is 5.96 Å². The van der Waals surface area contributed by atoms with Crippen LogP contribution >= 0.6 is 0 Å². The molecule has 0 aliphatic rings. The van der Waals surface area contributed by atoms with Crippen LogP contribution < -0.4 is 16.4 Å². The molecule has 0 aliphatic carbocycles. The summed E-state index contributed by atoms with van der Waals surface area (Å²) in [5.41, 5.74) is 4.19. The van der Waals surface area contributed by atoms with Gasteiger partial charge in [-0.1, -0.05) is 0 Å². The number of anilines is 2. The first kappa shape index (κ1) is 21.2. The third kappa shape index (κ3) is 8.32. The lowest BCUT2D eigenvalue weighted by molar-refractivity contribution is 0.0562. The largest absolute Gasteiger partial charge is 0.444 e. The third-order valence-electron chi connectivity index (χ3n) is 2.47. The minimum absolute atomic E-state index is 0.108. The fourth-order valence-corrected chi connectivity index (χ4v) is 1.62. The summed E-state index contributed by atoms with van der Waals surface area (Å²) in [6.45, 7) is 10.1. The van der Waals surface area contributed by atoms with E-state index in [1.54, 1.807) is 41.5 Å². The number of benzene rings is 1. The van der Waals surface area contributed by atoms with Crippen molar-refractivity contribution in [3.63, 3.8) is 0 Å². The Morgan fingerprint density at radius 1 is 1.08 bits per heavy atom. The Bertz CT molecular complexity index is 706. The van der Waals surface area contributed by atoms with E-state index in [4.69, 9.17) is 15.2 Å². The maximum atomic E-state index is 13.3. The summed E-state index contributed by atoms with van der Waals surface area (Å²) < 4.78 is 23.5. The van der Waals surface area contributed by atoms with Gasteiger partial charge in [0.25, 0.3) is 0 Å². The lowest BCUT2D eigenvalue weighted by atomic mass is 10.2. The van der Waals surface area contributed by atoms with E-state index in [9.17, 15) is 14.0 Å². The number of hydrogen-bond acceptors (Lipinski definition) is 5. The maximum Gasteiger partial charge on any atom is 0.437 e. The Labute approximate surface area is 151 Å². The summed E-state index contributed by atoms with van der Waals surface area (Å²) in [6, 6.07) is 3.79. The van der Waals surface area contributed by atoms with Gasteiger partial charge in [-0.3, -0.25) is 5.32 Å². The van der Waals surface area contributed by atoms with Crippen molar-refractivity contribution >= 4 is 29.5 Å². The zero-order chi connectivity index (χ0) is 20.1. The summed E-state index contributed by atoms with van der Waals surface area (Å²) in [5, 5.41) is 4.99.